The Balaban J connectivity index is 1.92. The summed E-state index contributed by atoms with van der Waals surface area (Å²) in [6.07, 6.45) is 0. The molecule has 0 saturated carbocycles. The predicted molar refractivity (Wildman–Crippen MR) is 129 cm³/mol. The van der Waals surface area contributed by atoms with Gasteiger partial charge in [-0.25, -0.2) is 4.78 Å². The van der Waals surface area contributed by atoms with Crippen molar-refractivity contribution in [3.05, 3.63) is 119 Å². The van der Waals surface area contributed by atoms with E-state index in [1.54, 1.807) is 29.0 Å². The minimum absolute atomic E-state index is 0.611. The molecule has 0 heterocycles. The minimum Gasteiger partial charge on any atom is -0.292 e. The summed E-state index contributed by atoms with van der Waals surface area (Å²) < 4.78 is 16.6. The predicted octanol–water partition coefficient (Wildman–Crippen LogP) is 6.76. The zero-order chi connectivity index (χ0) is 21.0. The van der Waals surface area contributed by atoms with E-state index >= 15 is 0 Å². The molecule has 0 spiro atoms. The normalized spacial score (nSPS) is 11.1. The Morgan fingerprint density at radius 2 is 1.03 bits per heavy atom. The van der Waals surface area contributed by atoms with Gasteiger partial charge in [0.15, 0.2) is 0 Å². The maximum atomic E-state index is 14.9. The van der Waals surface area contributed by atoms with Crippen molar-refractivity contribution in [2.24, 2.45) is 0 Å². The number of hydrazine groups is 1. The maximum absolute atomic E-state index is 14.9. The van der Waals surface area contributed by atoms with E-state index in [1.165, 1.54) is 0 Å². The van der Waals surface area contributed by atoms with Crippen LogP contribution in [0.25, 0.3) is 0 Å². The summed E-state index contributed by atoms with van der Waals surface area (Å²) in [5, 5.41) is 2.67. The van der Waals surface area contributed by atoms with Crippen molar-refractivity contribution in [3.63, 3.8) is 0 Å². The van der Waals surface area contributed by atoms with Crippen LogP contribution in [-0.4, -0.2) is 0 Å². The average Bonchev–Trinajstić information content (AvgIpc) is 2.80. The second kappa shape index (κ2) is 8.97. The molecule has 0 aliphatic carbocycles. The SMILES string of the molecule is O=P(c1ccccc1)(c1ccccc1)N(Nc1ccc(Cl)cc1)c1ccc(Cl)cc1. The monoisotopic (exact) mass is 452 g/mol. The summed E-state index contributed by atoms with van der Waals surface area (Å²) in [4.78, 5) is 0. The van der Waals surface area contributed by atoms with Crippen LogP contribution < -0.4 is 20.8 Å². The van der Waals surface area contributed by atoms with Crippen LogP contribution in [0.3, 0.4) is 0 Å². The summed E-state index contributed by atoms with van der Waals surface area (Å²) in [5.41, 5.74) is 4.84. The Hall–Kier alpha value is -2.71. The molecular formula is C24H19Cl2N2OP. The highest BCUT2D eigenvalue weighted by atomic mass is 35.5. The van der Waals surface area contributed by atoms with Crippen molar-refractivity contribution in [2.75, 3.05) is 10.2 Å². The molecule has 0 saturated heterocycles. The number of hydrogen-bond acceptors (Lipinski definition) is 2. The van der Waals surface area contributed by atoms with E-state index in [0.29, 0.717) is 20.7 Å². The summed E-state index contributed by atoms with van der Waals surface area (Å²) in [6.45, 7) is 0. The molecule has 0 atom stereocenters. The quantitative estimate of drug-likeness (QED) is 0.259. The third kappa shape index (κ3) is 4.24. The van der Waals surface area contributed by atoms with E-state index in [2.05, 4.69) is 5.43 Å². The fourth-order valence-corrected chi connectivity index (χ4v) is 6.05. The lowest BCUT2D eigenvalue weighted by Crippen LogP contribution is -2.36. The second-order valence-electron chi connectivity index (χ2n) is 6.65. The zero-order valence-corrected chi connectivity index (χ0v) is 18.4. The van der Waals surface area contributed by atoms with Crippen LogP contribution in [0.15, 0.2) is 109 Å². The minimum atomic E-state index is -3.30. The van der Waals surface area contributed by atoms with Crippen molar-refractivity contribution >= 4 is 52.5 Å². The maximum Gasteiger partial charge on any atom is 0.247 e. The van der Waals surface area contributed by atoms with Crippen LogP contribution in [0.5, 0.6) is 0 Å². The first-order chi connectivity index (χ1) is 14.6. The molecule has 0 fully saturated rings. The standard InChI is InChI=1S/C24H19Cl2N2OP/c25-19-11-15-21(16-12-19)27-28(22-17-13-20(26)14-18-22)30(29,23-7-3-1-4-8-23)24-9-5-2-6-10-24/h1-18,27H. The first-order valence-corrected chi connectivity index (χ1v) is 11.8. The van der Waals surface area contributed by atoms with E-state index < -0.39 is 7.29 Å². The first kappa shape index (κ1) is 20.6. The van der Waals surface area contributed by atoms with Gasteiger partial charge in [0.2, 0.25) is 7.29 Å². The third-order valence-electron chi connectivity index (χ3n) is 4.64. The Bertz CT molecular complexity index is 1110. The van der Waals surface area contributed by atoms with Crippen molar-refractivity contribution in [3.8, 4) is 0 Å². The lowest BCUT2D eigenvalue weighted by atomic mass is 10.3. The highest BCUT2D eigenvalue weighted by molar-refractivity contribution is 7.80. The van der Waals surface area contributed by atoms with Crippen molar-refractivity contribution < 1.29 is 4.57 Å². The Kier molecular flexibility index (Phi) is 6.15. The zero-order valence-electron chi connectivity index (χ0n) is 16.0. The molecule has 0 radical (unpaired) electrons. The molecule has 1 N–H and O–H groups in total. The number of nitrogens with one attached hydrogen (secondary N) is 1. The molecule has 150 valence electrons. The van der Waals surface area contributed by atoms with E-state index in [-0.39, 0.29) is 0 Å². The molecule has 4 aromatic carbocycles. The smallest absolute Gasteiger partial charge is 0.247 e. The average molecular weight is 453 g/mol. The molecule has 0 amide bonds. The molecule has 4 rings (SSSR count). The molecular weight excluding hydrogens is 434 g/mol. The fourth-order valence-electron chi connectivity index (χ4n) is 3.17. The molecule has 3 nitrogen and oxygen atoms in total. The van der Waals surface area contributed by atoms with Gasteiger partial charge in [-0.2, -0.15) is 0 Å². The number of hydrogen-bond donors (Lipinski definition) is 1. The van der Waals surface area contributed by atoms with E-state index in [1.807, 2.05) is 84.9 Å². The van der Waals surface area contributed by atoms with Crippen molar-refractivity contribution in [1.29, 1.82) is 0 Å². The van der Waals surface area contributed by atoms with Crippen molar-refractivity contribution in [1.82, 2.24) is 0 Å². The molecule has 30 heavy (non-hydrogen) atoms. The van der Waals surface area contributed by atoms with E-state index in [9.17, 15) is 4.57 Å². The van der Waals surface area contributed by atoms with Gasteiger partial charge in [0.05, 0.1) is 11.4 Å². The Morgan fingerprint density at radius 3 is 1.50 bits per heavy atom. The molecule has 0 aromatic heterocycles. The first-order valence-electron chi connectivity index (χ1n) is 9.37. The van der Waals surface area contributed by atoms with E-state index in [0.717, 1.165) is 11.4 Å². The lowest BCUT2D eigenvalue weighted by molar-refractivity contribution is 0.586. The molecule has 4 aromatic rings. The van der Waals surface area contributed by atoms with Gasteiger partial charge in [0, 0.05) is 20.7 Å². The summed E-state index contributed by atoms with van der Waals surface area (Å²) >= 11 is 12.2. The van der Waals surface area contributed by atoms with Crippen LogP contribution >= 0.6 is 30.5 Å². The highest BCUT2D eigenvalue weighted by Gasteiger charge is 2.35. The number of rotatable bonds is 6. The van der Waals surface area contributed by atoms with Crippen molar-refractivity contribution in [2.45, 2.75) is 0 Å². The van der Waals surface area contributed by atoms with Gasteiger partial charge >= 0.3 is 0 Å². The number of anilines is 2. The highest BCUT2D eigenvalue weighted by Crippen LogP contribution is 2.50. The van der Waals surface area contributed by atoms with Crippen LogP contribution in [0.1, 0.15) is 0 Å². The third-order valence-corrected chi connectivity index (χ3v) is 8.04. The summed E-state index contributed by atoms with van der Waals surface area (Å²) in [5.74, 6) is 0. The topological polar surface area (TPSA) is 32.3 Å². The lowest BCUT2D eigenvalue weighted by Gasteiger charge is -2.35. The number of benzene rings is 4. The van der Waals surface area contributed by atoms with Gasteiger partial charge in [-0.3, -0.25) is 9.99 Å². The van der Waals surface area contributed by atoms with Gasteiger partial charge in [-0.15, -0.1) is 0 Å². The second-order valence-corrected chi connectivity index (χ2v) is 10.1. The van der Waals surface area contributed by atoms with Crippen LogP contribution in [0.4, 0.5) is 11.4 Å². The van der Waals surface area contributed by atoms with E-state index in [4.69, 9.17) is 23.2 Å². The van der Waals surface area contributed by atoms with Gasteiger partial charge in [0.25, 0.3) is 0 Å². The molecule has 0 unspecified atom stereocenters. The molecule has 0 aliphatic heterocycles. The number of nitrogens with zero attached hydrogens (tertiary/aromatic N) is 1. The number of halogens is 2. The van der Waals surface area contributed by atoms with Gasteiger partial charge in [-0.05, 0) is 72.8 Å². The molecule has 6 heteroatoms. The van der Waals surface area contributed by atoms with Crippen LogP contribution in [0, 0.1) is 0 Å². The molecule has 0 aliphatic rings. The summed E-state index contributed by atoms with van der Waals surface area (Å²) in [6, 6.07) is 33.5. The van der Waals surface area contributed by atoms with Crippen LogP contribution in [-0.2, 0) is 4.57 Å². The Morgan fingerprint density at radius 1 is 0.600 bits per heavy atom. The van der Waals surface area contributed by atoms with Crippen LogP contribution in [0.2, 0.25) is 10.0 Å². The van der Waals surface area contributed by atoms with Gasteiger partial charge < -0.3 is 0 Å². The van der Waals surface area contributed by atoms with Gasteiger partial charge in [-0.1, -0.05) is 59.6 Å². The molecule has 0 bridgehead atoms. The largest absolute Gasteiger partial charge is 0.292 e. The fraction of sp³-hybridized carbons (Fsp3) is 0. The summed E-state index contributed by atoms with van der Waals surface area (Å²) in [7, 11) is -3.30. The Labute approximate surface area is 186 Å². The van der Waals surface area contributed by atoms with Gasteiger partial charge in [0.1, 0.15) is 0 Å².